The van der Waals surface area contributed by atoms with Crippen LogP contribution >= 0.6 is 27.5 Å². The second-order valence-electron chi connectivity index (χ2n) is 6.67. The molecule has 1 amide bonds. The van der Waals surface area contributed by atoms with Crippen LogP contribution in [0.3, 0.4) is 0 Å². The number of nitrogens with one attached hydrogen (secondary N) is 1. The fourth-order valence-electron chi connectivity index (χ4n) is 3.13. The van der Waals surface area contributed by atoms with Crippen molar-refractivity contribution in [1.82, 2.24) is 4.98 Å². The quantitative estimate of drug-likeness (QED) is 0.340. The van der Waals surface area contributed by atoms with Gasteiger partial charge in [0.15, 0.2) is 5.58 Å². The molecule has 0 bridgehead atoms. The van der Waals surface area contributed by atoms with Crippen molar-refractivity contribution >= 4 is 50.2 Å². The average molecular weight is 486 g/mol. The van der Waals surface area contributed by atoms with Crippen molar-refractivity contribution < 1.29 is 13.9 Å². The number of ether oxygens (including phenoxy) is 1. The summed E-state index contributed by atoms with van der Waals surface area (Å²) in [5.74, 6) is 0.585. The molecule has 0 aliphatic heterocycles. The molecule has 0 aliphatic rings. The van der Waals surface area contributed by atoms with Crippen molar-refractivity contribution in [1.29, 1.82) is 0 Å². The highest BCUT2D eigenvalue weighted by molar-refractivity contribution is 9.10. The van der Waals surface area contributed by atoms with E-state index in [-0.39, 0.29) is 5.91 Å². The molecule has 0 saturated carbocycles. The van der Waals surface area contributed by atoms with E-state index in [1.807, 2.05) is 24.3 Å². The molecule has 0 saturated heterocycles. The smallest absolute Gasteiger partial charge is 0.259 e. The lowest BCUT2D eigenvalue weighted by Gasteiger charge is -2.11. The minimum absolute atomic E-state index is 0.299. The van der Waals surface area contributed by atoms with Gasteiger partial charge in [0.2, 0.25) is 5.89 Å². The summed E-state index contributed by atoms with van der Waals surface area (Å²) in [6.45, 7) is 2.09. The molecule has 4 aromatic rings. The summed E-state index contributed by atoms with van der Waals surface area (Å²) in [7, 11) is 1.53. The summed E-state index contributed by atoms with van der Waals surface area (Å²) in [5.41, 5.74) is 4.22. The molecular weight excluding hydrogens is 468 g/mol. The Morgan fingerprint density at radius 2 is 2.00 bits per heavy atom. The third kappa shape index (κ3) is 4.06. The van der Waals surface area contributed by atoms with Crippen molar-refractivity contribution in [3.05, 3.63) is 75.2 Å². The SMILES string of the molecule is CCc1ccc2oc(-c3cc(NC(=O)c4cc(Br)ccc4OC)ccc3Cl)nc2c1. The maximum absolute atomic E-state index is 12.8. The molecule has 0 spiro atoms. The van der Waals surface area contributed by atoms with Crippen molar-refractivity contribution in [2.75, 3.05) is 12.4 Å². The summed E-state index contributed by atoms with van der Waals surface area (Å²) >= 11 is 9.78. The molecule has 1 heterocycles. The number of fused-ring (bicyclic) bond motifs is 1. The first-order valence-corrected chi connectivity index (χ1v) is 10.5. The van der Waals surface area contributed by atoms with Gasteiger partial charge in [-0.15, -0.1) is 0 Å². The summed E-state index contributed by atoms with van der Waals surface area (Å²) < 4.78 is 12.0. The van der Waals surface area contributed by atoms with Gasteiger partial charge in [0.05, 0.1) is 23.3 Å². The Kier molecular flexibility index (Phi) is 5.79. The van der Waals surface area contributed by atoms with Crippen LogP contribution in [-0.4, -0.2) is 18.0 Å². The lowest BCUT2D eigenvalue weighted by molar-refractivity contribution is 0.102. The number of anilines is 1. The molecule has 0 fully saturated rings. The number of halogens is 2. The summed E-state index contributed by atoms with van der Waals surface area (Å²) in [4.78, 5) is 17.4. The topological polar surface area (TPSA) is 64.4 Å². The number of hydrogen-bond donors (Lipinski definition) is 1. The minimum Gasteiger partial charge on any atom is -0.496 e. The zero-order chi connectivity index (χ0) is 21.3. The van der Waals surface area contributed by atoms with Gasteiger partial charge in [-0.2, -0.15) is 0 Å². The standard InChI is InChI=1S/C23H18BrClN2O3/c1-3-13-4-8-21-19(10-13)27-23(30-21)16-12-15(6-7-18(16)25)26-22(28)17-11-14(24)5-9-20(17)29-2/h4-12H,3H2,1-2H3,(H,26,28). The molecule has 5 nitrogen and oxygen atoms in total. The van der Waals surface area contributed by atoms with Gasteiger partial charge >= 0.3 is 0 Å². The molecule has 0 unspecified atom stereocenters. The Bertz CT molecular complexity index is 1250. The molecule has 4 rings (SSSR count). The van der Waals surface area contributed by atoms with Gasteiger partial charge in [-0.3, -0.25) is 4.79 Å². The number of hydrogen-bond acceptors (Lipinski definition) is 4. The molecule has 1 N–H and O–H groups in total. The summed E-state index contributed by atoms with van der Waals surface area (Å²) in [6.07, 6.45) is 0.916. The number of nitrogens with zero attached hydrogens (tertiary/aromatic N) is 1. The first kappa shape index (κ1) is 20.4. The Hall–Kier alpha value is -2.83. The van der Waals surface area contributed by atoms with E-state index >= 15 is 0 Å². The third-order valence-corrected chi connectivity index (χ3v) is 5.54. The predicted molar refractivity (Wildman–Crippen MR) is 122 cm³/mol. The fraction of sp³-hybridized carbons (Fsp3) is 0.130. The van der Waals surface area contributed by atoms with E-state index in [4.69, 9.17) is 20.8 Å². The minimum atomic E-state index is -0.299. The van der Waals surface area contributed by atoms with Gasteiger partial charge in [-0.25, -0.2) is 4.98 Å². The Labute approximate surface area is 187 Å². The molecule has 152 valence electrons. The first-order valence-electron chi connectivity index (χ1n) is 9.32. The van der Waals surface area contributed by atoms with E-state index in [9.17, 15) is 4.79 Å². The van der Waals surface area contributed by atoms with Gasteiger partial charge in [0.25, 0.3) is 5.91 Å². The van der Waals surface area contributed by atoms with Crippen molar-refractivity contribution in [2.24, 2.45) is 0 Å². The van der Waals surface area contributed by atoms with Gasteiger partial charge in [-0.1, -0.05) is 40.5 Å². The zero-order valence-electron chi connectivity index (χ0n) is 16.3. The molecule has 3 aromatic carbocycles. The number of carbonyl (C=O) groups excluding carboxylic acids is 1. The highest BCUT2D eigenvalue weighted by atomic mass is 79.9. The van der Waals surface area contributed by atoms with Crippen LogP contribution in [0.2, 0.25) is 5.02 Å². The number of carbonyl (C=O) groups is 1. The number of methoxy groups -OCH3 is 1. The monoisotopic (exact) mass is 484 g/mol. The molecule has 7 heteroatoms. The zero-order valence-corrected chi connectivity index (χ0v) is 18.7. The summed E-state index contributed by atoms with van der Waals surface area (Å²) in [6, 6.07) is 16.4. The van der Waals surface area contributed by atoms with Crippen molar-refractivity contribution in [3.63, 3.8) is 0 Å². The normalized spacial score (nSPS) is 10.9. The van der Waals surface area contributed by atoms with Crippen molar-refractivity contribution in [2.45, 2.75) is 13.3 Å². The van der Waals surface area contributed by atoms with Gasteiger partial charge in [0, 0.05) is 10.2 Å². The lowest BCUT2D eigenvalue weighted by Crippen LogP contribution is -2.13. The van der Waals surface area contributed by atoms with E-state index < -0.39 is 0 Å². The van der Waals surface area contributed by atoms with E-state index in [1.54, 1.807) is 30.3 Å². The van der Waals surface area contributed by atoms with Gasteiger partial charge < -0.3 is 14.5 Å². The maximum Gasteiger partial charge on any atom is 0.259 e. The lowest BCUT2D eigenvalue weighted by atomic mass is 10.1. The molecule has 0 atom stereocenters. The predicted octanol–water partition coefficient (Wildman–Crippen LogP) is 6.73. The number of benzene rings is 3. The van der Waals surface area contributed by atoms with Crippen LogP contribution in [0.1, 0.15) is 22.8 Å². The molecule has 30 heavy (non-hydrogen) atoms. The van der Waals surface area contributed by atoms with Crippen LogP contribution < -0.4 is 10.1 Å². The van der Waals surface area contributed by atoms with E-state index in [0.717, 1.165) is 16.4 Å². The molecule has 0 aliphatic carbocycles. The maximum atomic E-state index is 12.8. The van der Waals surface area contributed by atoms with E-state index in [0.29, 0.717) is 39.1 Å². The van der Waals surface area contributed by atoms with Crippen LogP contribution in [0, 0.1) is 0 Å². The number of amides is 1. The number of aromatic nitrogens is 1. The van der Waals surface area contributed by atoms with Crippen molar-refractivity contribution in [3.8, 4) is 17.2 Å². The second-order valence-corrected chi connectivity index (χ2v) is 7.99. The number of oxazole rings is 1. The second kappa shape index (κ2) is 8.50. The Morgan fingerprint density at radius 3 is 2.77 bits per heavy atom. The fourth-order valence-corrected chi connectivity index (χ4v) is 3.69. The van der Waals surface area contributed by atoms with Gasteiger partial charge in [0.1, 0.15) is 11.3 Å². The number of rotatable bonds is 5. The highest BCUT2D eigenvalue weighted by Crippen LogP contribution is 2.33. The van der Waals surface area contributed by atoms with Crippen LogP contribution in [0.25, 0.3) is 22.6 Å². The van der Waals surface area contributed by atoms with Gasteiger partial charge in [-0.05, 0) is 60.5 Å². The van der Waals surface area contributed by atoms with Crippen LogP contribution in [0.15, 0.2) is 63.5 Å². The first-order chi connectivity index (χ1) is 14.5. The number of aryl methyl sites for hydroxylation is 1. The average Bonchev–Trinajstić information content (AvgIpc) is 3.18. The van der Waals surface area contributed by atoms with Crippen LogP contribution in [-0.2, 0) is 6.42 Å². The van der Waals surface area contributed by atoms with E-state index in [1.165, 1.54) is 12.7 Å². The highest BCUT2D eigenvalue weighted by Gasteiger charge is 2.16. The third-order valence-electron chi connectivity index (χ3n) is 4.72. The Balaban J connectivity index is 1.67. The van der Waals surface area contributed by atoms with Crippen LogP contribution in [0.4, 0.5) is 5.69 Å². The molecule has 0 radical (unpaired) electrons. The molecule has 1 aromatic heterocycles. The van der Waals surface area contributed by atoms with Crippen LogP contribution in [0.5, 0.6) is 5.75 Å². The molecular formula is C23H18BrClN2O3. The largest absolute Gasteiger partial charge is 0.496 e. The van der Waals surface area contributed by atoms with E-state index in [2.05, 4.69) is 33.2 Å². The summed E-state index contributed by atoms with van der Waals surface area (Å²) in [5, 5.41) is 3.36. The Morgan fingerprint density at radius 1 is 1.17 bits per heavy atom.